The Balaban J connectivity index is 3.87. The molecule has 0 bridgehead atoms. The molecule has 13 heavy (non-hydrogen) atoms. The van der Waals surface area contributed by atoms with Crippen LogP contribution < -0.4 is 11.5 Å². The summed E-state index contributed by atoms with van der Waals surface area (Å²) in [6.07, 6.45) is 1.36. The van der Waals surface area contributed by atoms with Gasteiger partial charge in [0.1, 0.15) is 0 Å². The molecule has 0 spiro atoms. The summed E-state index contributed by atoms with van der Waals surface area (Å²) in [6, 6.07) is 0. The van der Waals surface area contributed by atoms with Crippen molar-refractivity contribution < 1.29 is 10.2 Å². The van der Waals surface area contributed by atoms with Gasteiger partial charge < -0.3 is 21.9 Å². The molecule has 0 aliphatic heterocycles. The molecular formula is C6H17N5O2. The Bertz CT molecular complexity index is 144. The Morgan fingerprint density at radius 3 is 2.00 bits per heavy atom. The third-order valence-corrected chi connectivity index (χ3v) is 1.56. The molecule has 0 amide bonds. The van der Waals surface area contributed by atoms with Gasteiger partial charge in [0.05, 0.1) is 18.1 Å². The van der Waals surface area contributed by atoms with E-state index in [1.54, 1.807) is 0 Å². The molecule has 0 aliphatic rings. The van der Waals surface area contributed by atoms with Gasteiger partial charge in [0.15, 0.2) is 0 Å². The lowest BCUT2D eigenvalue weighted by atomic mass is 10.4. The van der Waals surface area contributed by atoms with Gasteiger partial charge in [-0.2, -0.15) is 0 Å². The molecule has 0 aliphatic carbocycles. The summed E-state index contributed by atoms with van der Waals surface area (Å²) in [5, 5.41) is 23.0. The second kappa shape index (κ2) is 7.56. The highest BCUT2D eigenvalue weighted by Gasteiger charge is 2.10. The quantitative estimate of drug-likeness (QED) is 0.278. The van der Waals surface area contributed by atoms with Crippen LogP contribution in [0.2, 0.25) is 0 Å². The van der Waals surface area contributed by atoms with E-state index in [9.17, 15) is 5.21 Å². The molecule has 0 unspecified atom stereocenters. The summed E-state index contributed by atoms with van der Waals surface area (Å²) in [5.41, 5.74) is 10.6. The number of nitrogens with zero attached hydrogens (tertiary/aromatic N) is 3. The summed E-state index contributed by atoms with van der Waals surface area (Å²) < 4.78 is 0. The summed E-state index contributed by atoms with van der Waals surface area (Å²) >= 11 is 0. The van der Waals surface area contributed by atoms with E-state index in [4.69, 9.17) is 16.7 Å². The predicted molar refractivity (Wildman–Crippen MR) is 46.8 cm³/mol. The number of hydrogen-bond acceptors (Lipinski definition) is 4. The number of hydrogen-bond donors (Lipinski definition) is 3. The van der Waals surface area contributed by atoms with Gasteiger partial charge in [-0.1, -0.05) is 0 Å². The van der Waals surface area contributed by atoms with Crippen LogP contribution in [0.3, 0.4) is 0 Å². The Morgan fingerprint density at radius 1 is 1.23 bits per heavy atom. The molecule has 7 nitrogen and oxygen atoms in total. The van der Waals surface area contributed by atoms with Crippen LogP contribution in [0.1, 0.15) is 12.8 Å². The summed E-state index contributed by atoms with van der Waals surface area (Å²) in [4.78, 5) is 0.158. The third-order valence-electron chi connectivity index (χ3n) is 1.56. The number of hydrazine groups is 1. The van der Waals surface area contributed by atoms with Gasteiger partial charge >= 0.3 is 0 Å². The highest BCUT2D eigenvalue weighted by Crippen LogP contribution is 1.94. The molecule has 0 saturated carbocycles. The highest BCUT2D eigenvalue weighted by molar-refractivity contribution is 4.48. The molecule has 0 saturated heterocycles. The molecule has 0 fully saturated rings. The van der Waals surface area contributed by atoms with Gasteiger partial charge in [0.2, 0.25) is 5.28 Å². The molecule has 0 rings (SSSR count). The van der Waals surface area contributed by atoms with Crippen molar-refractivity contribution in [3.8, 4) is 0 Å². The minimum Gasteiger partial charge on any atom is -0.569 e. The fourth-order valence-electron chi connectivity index (χ4n) is 0.887. The SMILES string of the molecule is NCCCN(CCCN)/[N+]([O-])=N\O. The number of nitrogens with two attached hydrogens (primary N) is 2. The van der Waals surface area contributed by atoms with Gasteiger partial charge in [-0.3, -0.25) is 0 Å². The zero-order chi connectivity index (χ0) is 10.1. The Morgan fingerprint density at radius 2 is 1.69 bits per heavy atom. The first kappa shape index (κ1) is 11.9. The van der Waals surface area contributed by atoms with E-state index in [1.165, 1.54) is 5.01 Å². The van der Waals surface area contributed by atoms with Crippen molar-refractivity contribution in [1.29, 1.82) is 0 Å². The van der Waals surface area contributed by atoms with Gasteiger partial charge in [-0.25, -0.2) is 0 Å². The summed E-state index contributed by atoms with van der Waals surface area (Å²) in [7, 11) is 0. The van der Waals surface area contributed by atoms with Gasteiger partial charge in [0.25, 0.3) is 0 Å². The minimum atomic E-state index is 0.158. The van der Waals surface area contributed by atoms with E-state index in [2.05, 4.69) is 5.28 Å². The first-order chi connectivity index (χ1) is 6.26. The van der Waals surface area contributed by atoms with Crippen LogP contribution in [-0.4, -0.2) is 41.4 Å². The van der Waals surface area contributed by atoms with Crippen LogP contribution in [0, 0.1) is 5.21 Å². The highest BCUT2D eigenvalue weighted by atomic mass is 16.6. The van der Waals surface area contributed by atoms with Crippen LogP contribution in [0.15, 0.2) is 5.28 Å². The molecule has 0 atom stereocenters. The average Bonchev–Trinajstić information content (AvgIpc) is 2.17. The average molecular weight is 191 g/mol. The van der Waals surface area contributed by atoms with E-state index >= 15 is 0 Å². The van der Waals surface area contributed by atoms with Crippen molar-refractivity contribution in [3.05, 3.63) is 5.21 Å². The van der Waals surface area contributed by atoms with Crippen molar-refractivity contribution in [2.24, 2.45) is 16.7 Å². The Kier molecular flexibility index (Phi) is 6.93. The first-order valence-electron chi connectivity index (χ1n) is 4.23. The van der Waals surface area contributed by atoms with Gasteiger partial charge in [-0.15, -0.1) is 5.01 Å². The molecule has 0 radical (unpaired) electrons. The van der Waals surface area contributed by atoms with E-state index in [0.717, 1.165) is 0 Å². The Hall–Kier alpha value is -1.08. The van der Waals surface area contributed by atoms with E-state index < -0.39 is 0 Å². The maximum Gasteiger partial charge on any atom is 0.230 e. The molecule has 0 aromatic heterocycles. The molecule has 0 aromatic carbocycles. The molecular weight excluding hydrogens is 174 g/mol. The van der Waals surface area contributed by atoms with Crippen molar-refractivity contribution in [3.63, 3.8) is 0 Å². The van der Waals surface area contributed by atoms with Crippen LogP contribution in [0.4, 0.5) is 0 Å². The van der Waals surface area contributed by atoms with Crippen molar-refractivity contribution in [2.75, 3.05) is 26.2 Å². The number of rotatable bonds is 7. The standard InChI is InChI=1S/C6H17N5O2/c7-3-1-5-10(6-2-4-8)11(13)9-12/h12H,1-8H2/b11-9+. The lowest BCUT2D eigenvalue weighted by Gasteiger charge is -2.16. The molecule has 0 aromatic rings. The van der Waals surface area contributed by atoms with Crippen molar-refractivity contribution >= 4 is 0 Å². The maximum atomic E-state index is 10.9. The van der Waals surface area contributed by atoms with Crippen molar-refractivity contribution in [2.45, 2.75) is 12.8 Å². The van der Waals surface area contributed by atoms with Crippen LogP contribution >= 0.6 is 0 Å². The lowest BCUT2D eigenvalue weighted by Crippen LogP contribution is -2.34. The van der Waals surface area contributed by atoms with Crippen LogP contribution in [-0.2, 0) is 0 Å². The normalized spacial score (nSPS) is 11.7. The van der Waals surface area contributed by atoms with Crippen molar-refractivity contribution in [1.82, 2.24) is 5.01 Å². The van der Waals surface area contributed by atoms with E-state index in [-0.39, 0.29) is 4.97 Å². The van der Waals surface area contributed by atoms with Crippen LogP contribution in [0.25, 0.3) is 0 Å². The predicted octanol–water partition coefficient (Wildman–Crippen LogP) is -0.747. The third kappa shape index (κ3) is 5.21. The zero-order valence-corrected chi connectivity index (χ0v) is 7.59. The minimum absolute atomic E-state index is 0.158. The molecule has 78 valence electrons. The smallest absolute Gasteiger partial charge is 0.230 e. The second-order valence-corrected chi connectivity index (χ2v) is 2.58. The van der Waals surface area contributed by atoms with Gasteiger partial charge in [-0.05, 0) is 25.9 Å². The first-order valence-corrected chi connectivity index (χ1v) is 4.23. The second-order valence-electron chi connectivity index (χ2n) is 2.58. The monoisotopic (exact) mass is 191 g/mol. The van der Waals surface area contributed by atoms with Gasteiger partial charge in [0, 0.05) is 0 Å². The summed E-state index contributed by atoms with van der Waals surface area (Å²) in [6.45, 7) is 1.95. The van der Waals surface area contributed by atoms with E-state index in [0.29, 0.717) is 39.0 Å². The fourth-order valence-corrected chi connectivity index (χ4v) is 0.887. The summed E-state index contributed by atoms with van der Waals surface area (Å²) in [5.74, 6) is 0. The Labute approximate surface area is 77.1 Å². The van der Waals surface area contributed by atoms with Crippen LogP contribution in [0.5, 0.6) is 0 Å². The maximum absolute atomic E-state index is 10.9. The largest absolute Gasteiger partial charge is 0.569 e. The lowest BCUT2D eigenvalue weighted by molar-refractivity contribution is -0.709. The topological polar surface area (TPSA) is 114 Å². The van der Waals surface area contributed by atoms with E-state index in [1.807, 2.05) is 0 Å². The zero-order valence-electron chi connectivity index (χ0n) is 7.59. The molecule has 7 heteroatoms. The molecule has 0 heterocycles. The fraction of sp³-hybridized carbons (Fsp3) is 1.00. The molecule has 5 N–H and O–H groups in total.